The number of nitrogens with zero attached hydrogens (tertiary/aromatic N) is 1. The van der Waals surface area contributed by atoms with Crippen molar-refractivity contribution in [3.63, 3.8) is 0 Å². The van der Waals surface area contributed by atoms with Crippen molar-refractivity contribution in [2.75, 3.05) is 25.4 Å². The van der Waals surface area contributed by atoms with Gasteiger partial charge in [0.1, 0.15) is 12.4 Å². The Morgan fingerprint density at radius 1 is 1.32 bits per heavy atom. The second-order valence-electron chi connectivity index (χ2n) is 5.96. The molecule has 6 heteroatoms. The van der Waals surface area contributed by atoms with Crippen LogP contribution in [0.2, 0.25) is 0 Å². The Bertz CT molecular complexity index is 546. The van der Waals surface area contributed by atoms with E-state index < -0.39 is 10.0 Å². The first-order valence-electron chi connectivity index (χ1n) is 7.89. The number of likely N-dealkylation sites (tertiary alicyclic amines) is 1. The minimum absolute atomic E-state index is 0.0176. The van der Waals surface area contributed by atoms with E-state index in [2.05, 4.69) is 23.5 Å². The summed E-state index contributed by atoms with van der Waals surface area (Å²) in [7, 11) is -3.29. The fraction of sp³-hybridized carbons (Fsp3) is 0.625. The quantitative estimate of drug-likeness (QED) is 0.792. The summed E-state index contributed by atoms with van der Waals surface area (Å²) in [6.45, 7) is 6.02. The van der Waals surface area contributed by atoms with E-state index in [1.807, 2.05) is 30.3 Å². The first-order chi connectivity index (χ1) is 10.5. The maximum Gasteiger partial charge on any atom is 0.215 e. The Balaban J connectivity index is 1.74. The molecule has 1 N–H and O–H groups in total. The van der Waals surface area contributed by atoms with Gasteiger partial charge in [-0.2, -0.15) is 0 Å². The summed E-state index contributed by atoms with van der Waals surface area (Å²) in [6, 6.07) is 10.0. The minimum Gasteiger partial charge on any atom is -0.492 e. The average Bonchev–Trinajstić information content (AvgIpc) is 2.95. The number of ether oxygens (including phenoxy) is 1. The smallest absolute Gasteiger partial charge is 0.215 e. The first kappa shape index (κ1) is 17.2. The molecule has 1 aliphatic heterocycles. The monoisotopic (exact) mass is 326 g/mol. The lowest BCUT2D eigenvalue weighted by molar-refractivity contribution is 0.205. The molecular formula is C16H26N2O3S. The van der Waals surface area contributed by atoms with Crippen LogP contribution in [0.1, 0.15) is 26.7 Å². The van der Waals surface area contributed by atoms with Gasteiger partial charge in [-0.15, -0.1) is 0 Å². The van der Waals surface area contributed by atoms with E-state index >= 15 is 0 Å². The van der Waals surface area contributed by atoms with E-state index in [0.29, 0.717) is 24.4 Å². The predicted octanol–water partition coefficient (Wildman–Crippen LogP) is 1.86. The molecular weight excluding hydrogens is 300 g/mol. The molecule has 0 aromatic heterocycles. The first-order valence-corrected chi connectivity index (χ1v) is 9.54. The Morgan fingerprint density at radius 3 is 2.73 bits per heavy atom. The van der Waals surface area contributed by atoms with Gasteiger partial charge in [-0.3, -0.25) is 4.90 Å². The van der Waals surface area contributed by atoms with Crippen molar-refractivity contribution >= 4 is 10.0 Å². The SMILES string of the molecule is CC(C)N1CCCC1CNS(=O)(=O)CCOc1ccccc1. The molecule has 1 unspecified atom stereocenters. The van der Waals surface area contributed by atoms with Crippen molar-refractivity contribution in [1.82, 2.24) is 9.62 Å². The number of rotatable bonds is 8. The number of hydrogen-bond donors (Lipinski definition) is 1. The van der Waals surface area contributed by atoms with E-state index in [0.717, 1.165) is 19.4 Å². The van der Waals surface area contributed by atoms with Gasteiger partial charge in [0, 0.05) is 18.6 Å². The molecule has 1 fully saturated rings. The van der Waals surface area contributed by atoms with Gasteiger partial charge < -0.3 is 4.74 Å². The zero-order valence-electron chi connectivity index (χ0n) is 13.4. The topological polar surface area (TPSA) is 58.6 Å². The molecule has 22 heavy (non-hydrogen) atoms. The summed E-state index contributed by atoms with van der Waals surface area (Å²) in [6.07, 6.45) is 2.20. The molecule has 1 aromatic carbocycles. The second-order valence-corrected chi connectivity index (χ2v) is 7.88. The van der Waals surface area contributed by atoms with Crippen molar-refractivity contribution in [3.05, 3.63) is 30.3 Å². The third kappa shape index (κ3) is 5.26. The number of hydrogen-bond acceptors (Lipinski definition) is 4. The lowest BCUT2D eigenvalue weighted by Crippen LogP contribution is -2.44. The van der Waals surface area contributed by atoms with Crippen LogP contribution in [-0.2, 0) is 10.0 Å². The van der Waals surface area contributed by atoms with Crippen molar-refractivity contribution in [3.8, 4) is 5.75 Å². The summed E-state index contributed by atoms with van der Waals surface area (Å²) in [4.78, 5) is 2.36. The minimum atomic E-state index is -3.29. The molecule has 0 spiro atoms. The lowest BCUT2D eigenvalue weighted by Gasteiger charge is -2.28. The molecule has 5 nitrogen and oxygen atoms in total. The van der Waals surface area contributed by atoms with E-state index in [-0.39, 0.29) is 12.4 Å². The highest BCUT2D eigenvalue weighted by Gasteiger charge is 2.27. The molecule has 1 saturated heterocycles. The summed E-state index contributed by atoms with van der Waals surface area (Å²) in [5.41, 5.74) is 0. The summed E-state index contributed by atoms with van der Waals surface area (Å²) in [5.74, 6) is 0.676. The van der Waals surface area contributed by atoms with E-state index in [1.165, 1.54) is 0 Å². The second kappa shape index (κ2) is 7.94. The van der Waals surface area contributed by atoms with Gasteiger partial charge >= 0.3 is 0 Å². The van der Waals surface area contributed by atoms with Crippen molar-refractivity contribution in [1.29, 1.82) is 0 Å². The van der Waals surface area contributed by atoms with Gasteiger partial charge in [0.2, 0.25) is 10.0 Å². The summed E-state index contributed by atoms with van der Waals surface area (Å²) in [5, 5.41) is 0. The van der Waals surface area contributed by atoms with E-state index in [1.54, 1.807) is 0 Å². The largest absolute Gasteiger partial charge is 0.492 e. The van der Waals surface area contributed by atoms with Crippen LogP contribution in [0, 0.1) is 0 Å². The van der Waals surface area contributed by atoms with Gasteiger partial charge in [0.25, 0.3) is 0 Å². The lowest BCUT2D eigenvalue weighted by atomic mass is 10.2. The molecule has 1 aromatic rings. The van der Waals surface area contributed by atoms with Crippen LogP contribution in [0.5, 0.6) is 5.75 Å². The molecule has 1 atom stereocenters. The molecule has 1 heterocycles. The van der Waals surface area contributed by atoms with Crippen LogP contribution in [0.15, 0.2) is 30.3 Å². The Hall–Kier alpha value is -1.11. The highest BCUT2D eigenvalue weighted by atomic mass is 32.2. The average molecular weight is 326 g/mol. The fourth-order valence-corrected chi connectivity index (χ4v) is 3.73. The Kier molecular flexibility index (Phi) is 6.23. The van der Waals surface area contributed by atoms with Crippen molar-refractivity contribution in [2.45, 2.75) is 38.8 Å². The predicted molar refractivity (Wildman–Crippen MR) is 88.6 cm³/mol. The molecule has 2 rings (SSSR count). The Labute approximate surface area is 133 Å². The summed E-state index contributed by atoms with van der Waals surface area (Å²) >= 11 is 0. The van der Waals surface area contributed by atoms with Gasteiger partial charge in [0.05, 0.1) is 5.75 Å². The highest BCUT2D eigenvalue weighted by molar-refractivity contribution is 7.89. The zero-order chi connectivity index (χ0) is 16.0. The fourth-order valence-electron chi connectivity index (χ4n) is 2.84. The maximum atomic E-state index is 12.0. The molecule has 0 bridgehead atoms. The van der Waals surface area contributed by atoms with Crippen LogP contribution in [0.3, 0.4) is 0 Å². The third-order valence-electron chi connectivity index (χ3n) is 3.99. The van der Waals surface area contributed by atoms with Gasteiger partial charge in [-0.05, 0) is 45.4 Å². The molecule has 0 aliphatic carbocycles. The number of sulfonamides is 1. The van der Waals surface area contributed by atoms with E-state index in [9.17, 15) is 8.42 Å². The molecule has 0 saturated carbocycles. The standard InChI is InChI=1S/C16H26N2O3S/c1-14(2)18-10-6-7-15(18)13-17-22(19,20)12-11-21-16-8-4-3-5-9-16/h3-5,8-9,14-15,17H,6-7,10-13H2,1-2H3. The van der Waals surface area contributed by atoms with Gasteiger partial charge in [-0.1, -0.05) is 18.2 Å². The highest BCUT2D eigenvalue weighted by Crippen LogP contribution is 2.19. The molecule has 0 radical (unpaired) electrons. The third-order valence-corrected chi connectivity index (χ3v) is 5.30. The summed E-state index contributed by atoms with van der Waals surface area (Å²) < 4.78 is 32.3. The van der Waals surface area contributed by atoms with Gasteiger partial charge in [0.15, 0.2) is 0 Å². The molecule has 1 aliphatic rings. The number of para-hydroxylation sites is 1. The van der Waals surface area contributed by atoms with Crippen LogP contribution in [0.25, 0.3) is 0 Å². The Morgan fingerprint density at radius 2 is 2.05 bits per heavy atom. The van der Waals surface area contributed by atoms with Crippen LogP contribution in [0.4, 0.5) is 0 Å². The number of nitrogens with one attached hydrogen (secondary N) is 1. The van der Waals surface area contributed by atoms with E-state index in [4.69, 9.17) is 4.74 Å². The van der Waals surface area contributed by atoms with Crippen LogP contribution in [-0.4, -0.2) is 50.9 Å². The van der Waals surface area contributed by atoms with Crippen molar-refractivity contribution < 1.29 is 13.2 Å². The zero-order valence-corrected chi connectivity index (χ0v) is 14.2. The number of benzene rings is 1. The van der Waals surface area contributed by atoms with Crippen LogP contribution < -0.4 is 9.46 Å². The normalized spacial score (nSPS) is 19.7. The van der Waals surface area contributed by atoms with Crippen LogP contribution >= 0.6 is 0 Å². The van der Waals surface area contributed by atoms with Crippen molar-refractivity contribution in [2.24, 2.45) is 0 Å². The molecule has 0 amide bonds. The molecule has 124 valence electrons. The van der Waals surface area contributed by atoms with Gasteiger partial charge in [-0.25, -0.2) is 13.1 Å². The maximum absolute atomic E-state index is 12.0.